The summed E-state index contributed by atoms with van der Waals surface area (Å²) >= 11 is 0. The molecule has 0 spiro atoms. The van der Waals surface area contributed by atoms with Crippen LogP contribution in [0.5, 0.6) is 5.75 Å². The zero-order valence-corrected chi connectivity index (χ0v) is 10.7. The fourth-order valence-electron chi connectivity index (χ4n) is 2.42. The molecule has 0 aliphatic heterocycles. The van der Waals surface area contributed by atoms with Crippen molar-refractivity contribution in [1.82, 2.24) is 5.32 Å². The van der Waals surface area contributed by atoms with Crippen molar-refractivity contribution in [1.29, 1.82) is 0 Å². The first-order valence-electron chi connectivity index (χ1n) is 6.49. The van der Waals surface area contributed by atoms with Gasteiger partial charge in [-0.05, 0) is 25.0 Å². The molecule has 0 radical (unpaired) electrons. The molecule has 1 fully saturated rings. The Morgan fingerprint density at radius 1 is 1.32 bits per heavy atom. The SMILES string of the molecule is O=C(NCC1(O)CCCCC1)c1ccc(F)cc1O. The van der Waals surface area contributed by atoms with Crippen LogP contribution in [0.4, 0.5) is 4.39 Å². The molecule has 1 aromatic rings. The van der Waals surface area contributed by atoms with Gasteiger partial charge in [0.1, 0.15) is 11.6 Å². The Morgan fingerprint density at radius 3 is 2.63 bits per heavy atom. The van der Waals surface area contributed by atoms with Gasteiger partial charge in [-0.15, -0.1) is 0 Å². The summed E-state index contributed by atoms with van der Waals surface area (Å²) in [5.41, 5.74) is -0.843. The minimum Gasteiger partial charge on any atom is -0.507 e. The Morgan fingerprint density at radius 2 is 2.00 bits per heavy atom. The summed E-state index contributed by atoms with van der Waals surface area (Å²) in [6, 6.07) is 3.24. The van der Waals surface area contributed by atoms with Crippen molar-refractivity contribution in [3.8, 4) is 5.75 Å². The van der Waals surface area contributed by atoms with E-state index in [0.717, 1.165) is 31.4 Å². The van der Waals surface area contributed by atoms with Crippen molar-refractivity contribution in [2.75, 3.05) is 6.54 Å². The lowest BCUT2D eigenvalue weighted by molar-refractivity contribution is 0.00522. The third-order valence-electron chi connectivity index (χ3n) is 3.57. The summed E-state index contributed by atoms with van der Waals surface area (Å²) in [7, 11) is 0. The second-order valence-electron chi connectivity index (χ2n) is 5.13. The summed E-state index contributed by atoms with van der Waals surface area (Å²) in [5.74, 6) is -1.50. The smallest absolute Gasteiger partial charge is 0.255 e. The molecule has 0 atom stereocenters. The van der Waals surface area contributed by atoms with Gasteiger partial charge in [-0.2, -0.15) is 0 Å². The normalized spacial score (nSPS) is 18.0. The van der Waals surface area contributed by atoms with Gasteiger partial charge >= 0.3 is 0 Å². The molecule has 2 rings (SSSR count). The molecule has 0 bridgehead atoms. The molecule has 19 heavy (non-hydrogen) atoms. The molecule has 4 nitrogen and oxygen atoms in total. The molecule has 0 saturated heterocycles. The maximum Gasteiger partial charge on any atom is 0.255 e. The predicted molar refractivity (Wildman–Crippen MR) is 68.4 cm³/mol. The number of carbonyl (C=O) groups excluding carboxylic acids is 1. The van der Waals surface area contributed by atoms with Gasteiger partial charge in [0.15, 0.2) is 0 Å². The van der Waals surface area contributed by atoms with Gasteiger partial charge in [-0.3, -0.25) is 4.79 Å². The Bertz CT molecular complexity index is 470. The molecule has 1 saturated carbocycles. The van der Waals surface area contributed by atoms with Crippen molar-refractivity contribution in [2.45, 2.75) is 37.7 Å². The van der Waals surface area contributed by atoms with Crippen LogP contribution in [0.3, 0.4) is 0 Å². The number of aliphatic hydroxyl groups is 1. The molecule has 0 unspecified atom stereocenters. The highest BCUT2D eigenvalue weighted by atomic mass is 19.1. The second-order valence-corrected chi connectivity index (χ2v) is 5.13. The van der Waals surface area contributed by atoms with E-state index in [-0.39, 0.29) is 12.1 Å². The van der Waals surface area contributed by atoms with Crippen molar-refractivity contribution in [3.63, 3.8) is 0 Å². The van der Waals surface area contributed by atoms with Crippen molar-refractivity contribution in [3.05, 3.63) is 29.6 Å². The second kappa shape index (κ2) is 5.57. The van der Waals surface area contributed by atoms with Crippen molar-refractivity contribution < 1.29 is 19.4 Å². The molecule has 3 N–H and O–H groups in total. The van der Waals surface area contributed by atoms with Crippen LogP contribution in [-0.4, -0.2) is 28.3 Å². The first-order chi connectivity index (χ1) is 9.00. The van der Waals surface area contributed by atoms with Crippen molar-refractivity contribution >= 4 is 5.91 Å². The highest BCUT2D eigenvalue weighted by Crippen LogP contribution is 2.27. The van der Waals surface area contributed by atoms with Crippen LogP contribution in [-0.2, 0) is 0 Å². The van der Waals surface area contributed by atoms with Crippen LogP contribution in [0.2, 0.25) is 0 Å². The standard InChI is InChI=1S/C14H18FNO3/c15-10-4-5-11(12(17)8-10)13(18)16-9-14(19)6-2-1-3-7-14/h4-5,8,17,19H,1-3,6-7,9H2,(H,16,18). The van der Waals surface area contributed by atoms with E-state index in [1.807, 2.05) is 0 Å². The maximum atomic E-state index is 12.8. The van der Waals surface area contributed by atoms with Crippen LogP contribution in [0.25, 0.3) is 0 Å². The van der Waals surface area contributed by atoms with Crippen LogP contribution >= 0.6 is 0 Å². The van der Waals surface area contributed by atoms with Gasteiger partial charge in [-0.25, -0.2) is 4.39 Å². The fourth-order valence-corrected chi connectivity index (χ4v) is 2.42. The number of nitrogens with one attached hydrogen (secondary N) is 1. The van der Waals surface area contributed by atoms with E-state index in [1.54, 1.807) is 0 Å². The van der Waals surface area contributed by atoms with E-state index < -0.39 is 23.1 Å². The minimum atomic E-state index is -0.858. The van der Waals surface area contributed by atoms with Gasteiger partial charge in [0.05, 0.1) is 11.2 Å². The lowest BCUT2D eigenvalue weighted by Gasteiger charge is -2.32. The third-order valence-corrected chi connectivity index (χ3v) is 3.57. The average Bonchev–Trinajstić information content (AvgIpc) is 2.37. The van der Waals surface area contributed by atoms with Crippen LogP contribution in [0.1, 0.15) is 42.5 Å². The summed E-state index contributed by atoms with van der Waals surface area (Å²) < 4.78 is 12.8. The average molecular weight is 267 g/mol. The molecule has 5 heteroatoms. The van der Waals surface area contributed by atoms with E-state index in [4.69, 9.17) is 0 Å². The van der Waals surface area contributed by atoms with Gasteiger partial charge in [0, 0.05) is 12.6 Å². The van der Waals surface area contributed by atoms with E-state index in [9.17, 15) is 19.4 Å². The number of phenolic OH excluding ortho intramolecular Hbond substituents is 1. The van der Waals surface area contributed by atoms with E-state index in [1.165, 1.54) is 6.07 Å². The summed E-state index contributed by atoms with van der Waals surface area (Å²) in [4.78, 5) is 11.9. The zero-order valence-electron chi connectivity index (χ0n) is 10.7. The summed E-state index contributed by atoms with van der Waals surface area (Å²) in [5, 5.41) is 22.3. The number of hydrogen-bond acceptors (Lipinski definition) is 3. The molecule has 1 aliphatic rings. The predicted octanol–water partition coefficient (Wildman–Crippen LogP) is 1.96. The number of aromatic hydroxyl groups is 1. The van der Waals surface area contributed by atoms with E-state index in [0.29, 0.717) is 12.8 Å². The van der Waals surface area contributed by atoms with Crippen LogP contribution < -0.4 is 5.32 Å². The van der Waals surface area contributed by atoms with Crippen molar-refractivity contribution in [2.24, 2.45) is 0 Å². The number of carbonyl (C=O) groups is 1. The van der Waals surface area contributed by atoms with Gasteiger partial charge in [-0.1, -0.05) is 19.3 Å². The molecule has 1 aromatic carbocycles. The monoisotopic (exact) mass is 267 g/mol. The topological polar surface area (TPSA) is 69.6 Å². The Balaban J connectivity index is 1.97. The fraction of sp³-hybridized carbons (Fsp3) is 0.500. The summed E-state index contributed by atoms with van der Waals surface area (Å²) in [6.07, 6.45) is 4.35. The maximum absolute atomic E-state index is 12.8. The molecule has 1 aliphatic carbocycles. The third kappa shape index (κ3) is 3.44. The number of amides is 1. The van der Waals surface area contributed by atoms with E-state index >= 15 is 0 Å². The molecule has 0 heterocycles. The Labute approximate surface area is 111 Å². The number of hydrogen-bond donors (Lipinski definition) is 3. The highest BCUT2D eigenvalue weighted by molar-refractivity contribution is 5.96. The van der Waals surface area contributed by atoms with Gasteiger partial charge in [0.25, 0.3) is 5.91 Å². The first-order valence-corrected chi connectivity index (χ1v) is 6.49. The molecule has 1 amide bonds. The quantitative estimate of drug-likeness (QED) is 0.784. The molecular formula is C14H18FNO3. The Kier molecular flexibility index (Phi) is 4.04. The van der Waals surface area contributed by atoms with Gasteiger partial charge in [0.2, 0.25) is 0 Å². The van der Waals surface area contributed by atoms with E-state index in [2.05, 4.69) is 5.32 Å². The molecule has 0 aromatic heterocycles. The van der Waals surface area contributed by atoms with Crippen LogP contribution in [0.15, 0.2) is 18.2 Å². The number of benzene rings is 1. The zero-order chi connectivity index (χ0) is 13.9. The lowest BCUT2D eigenvalue weighted by Crippen LogP contribution is -2.44. The van der Waals surface area contributed by atoms with Crippen LogP contribution in [0, 0.1) is 5.82 Å². The first kappa shape index (κ1) is 13.8. The number of rotatable bonds is 3. The minimum absolute atomic E-state index is 0.0146. The number of halogens is 1. The summed E-state index contributed by atoms with van der Waals surface area (Å²) in [6.45, 7) is 0.155. The lowest BCUT2D eigenvalue weighted by atomic mass is 9.85. The molecular weight excluding hydrogens is 249 g/mol. The highest BCUT2D eigenvalue weighted by Gasteiger charge is 2.29. The molecule has 104 valence electrons. The Hall–Kier alpha value is -1.62. The number of phenols is 1. The van der Waals surface area contributed by atoms with Gasteiger partial charge < -0.3 is 15.5 Å². The largest absolute Gasteiger partial charge is 0.507 e.